The molecule has 0 aromatic heterocycles. The molecular weight excluding hydrogens is 276 g/mol. The molecule has 0 aliphatic rings. The summed E-state index contributed by atoms with van der Waals surface area (Å²) >= 11 is 6.08. The number of hydrogen-bond donors (Lipinski definition) is 0. The van der Waals surface area contributed by atoms with Crippen LogP contribution in [0.15, 0.2) is 42.5 Å². The minimum atomic E-state index is -0.0612. The lowest BCUT2D eigenvalue weighted by molar-refractivity contribution is 0.0989. The minimum absolute atomic E-state index is 0.0612. The van der Waals surface area contributed by atoms with Crippen molar-refractivity contribution in [1.29, 1.82) is 0 Å². The Hall–Kier alpha value is -2.00. The number of rotatable bonds is 5. The number of benzene rings is 2. The second-order valence-corrected chi connectivity index (χ2v) is 4.64. The number of methoxy groups -OCH3 is 2. The molecule has 2 rings (SSSR count). The maximum atomic E-state index is 12.4. The highest BCUT2D eigenvalue weighted by Crippen LogP contribution is 2.31. The van der Waals surface area contributed by atoms with Crippen LogP contribution in [0.2, 0.25) is 5.02 Å². The number of para-hydroxylation sites is 1. The van der Waals surface area contributed by atoms with Gasteiger partial charge in [0, 0.05) is 11.4 Å². The van der Waals surface area contributed by atoms with E-state index in [1.54, 1.807) is 31.4 Å². The molecule has 0 bridgehead atoms. The molecule has 104 valence electrons. The fourth-order valence-corrected chi connectivity index (χ4v) is 2.22. The summed E-state index contributed by atoms with van der Waals surface area (Å²) in [7, 11) is 3.06. The van der Waals surface area contributed by atoms with E-state index < -0.39 is 0 Å². The fourth-order valence-electron chi connectivity index (χ4n) is 2.02. The van der Waals surface area contributed by atoms with Gasteiger partial charge in [0.1, 0.15) is 0 Å². The average Bonchev–Trinajstić information content (AvgIpc) is 2.48. The standard InChI is InChI=1S/C16H15ClO3/c1-19-15-9-5-7-12(16(15)20-2)14(18)10-11-6-3-4-8-13(11)17/h3-9H,10H2,1-2H3. The Labute approximate surface area is 123 Å². The lowest BCUT2D eigenvalue weighted by Gasteiger charge is -2.12. The van der Waals surface area contributed by atoms with Crippen LogP contribution in [-0.2, 0) is 6.42 Å². The van der Waals surface area contributed by atoms with Crippen molar-refractivity contribution in [1.82, 2.24) is 0 Å². The Kier molecular flexibility index (Phi) is 4.64. The Morgan fingerprint density at radius 3 is 2.45 bits per heavy atom. The number of carbonyl (C=O) groups is 1. The van der Waals surface area contributed by atoms with Gasteiger partial charge in [-0.1, -0.05) is 35.9 Å². The number of hydrogen-bond acceptors (Lipinski definition) is 3. The van der Waals surface area contributed by atoms with Crippen molar-refractivity contribution in [2.24, 2.45) is 0 Å². The zero-order valence-electron chi connectivity index (χ0n) is 11.4. The first-order valence-electron chi connectivity index (χ1n) is 6.15. The number of ether oxygens (including phenoxy) is 2. The highest BCUT2D eigenvalue weighted by Gasteiger charge is 2.17. The normalized spacial score (nSPS) is 10.2. The van der Waals surface area contributed by atoms with E-state index in [-0.39, 0.29) is 12.2 Å². The Morgan fingerprint density at radius 1 is 1.05 bits per heavy atom. The number of Topliss-reactive ketones (excluding diaryl/α,β-unsaturated/α-hetero) is 1. The summed E-state index contributed by atoms with van der Waals surface area (Å²) in [6.45, 7) is 0. The van der Waals surface area contributed by atoms with Crippen LogP contribution in [0.4, 0.5) is 0 Å². The quantitative estimate of drug-likeness (QED) is 0.786. The molecule has 0 spiro atoms. The van der Waals surface area contributed by atoms with Gasteiger partial charge in [0.05, 0.1) is 19.8 Å². The van der Waals surface area contributed by atoms with E-state index in [9.17, 15) is 4.79 Å². The lowest BCUT2D eigenvalue weighted by atomic mass is 10.0. The molecular formula is C16H15ClO3. The van der Waals surface area contributed by atoms with Crippen molar-refractivity contribution in [2.75, 3.05) is 14.2 Å². The van der Waals surface area contributed by atoms with E-state index >= 15 is 0 Å². The maximum Gasteiger partial charge on any atom is 0.171 e. The summed E-state index contributed by atoms with van der Waals surface area (Å²) in [6, 6.07) is 12.5. The van der Waals surface area contributed by atoms with Gasteiger partial charge in [-0.15, -0.1) is 0 Å². The van der Waals surface area contributed by atoms with Crippen LogP contribution in [0.3, 0.4) is 0 Å². The molecule has 0 saturated heterocycles. The van der Waals surface area contributed by atoms with E-state index in [2.05, 4.69) is 0 Å². The van der Waals surface area contributed by atoms with E-state index in [0.29, 0.717) is 22.1 Å². The summed E-state index contributed by atoms with van der Waals surface area (Å²) in [5.41, 5.74) is 1.29. The largest absolute Gasteiger partial charge is 0.493 e. The van der Waals surface area contributed by atoms with Gasteiger partial charge in [-0.3, -0.25) is 4.79 Å². The topological polar surface area (TPSA) is 35.5 Å². The van der Waals surface area contributed by atoms with Gasteiger partial charge in [0.25, 0.3) is 0 Å². The van der Waals surface area contributed by atoms with Crippen LogP contribution in [0.5, 0.6) is 11.5 Å². The van der Waals surface area contributed by atoms with Crippen LogP contribution in [-0.4, -0.2) is 20.0 Å². The summed E-state index contributed by atoms with van der Waals surface area (Å²) in [6.07, 6.45) is 0.225. The molecule has 20 heavy (non-hydrogen) atoms. The molecule has 0 radical (unpaired) electrons. The lowest BCUT2D eigenvalue weighted by Crippen LogP contribution is -2.07. The smallest absolute Gasteiger partial charge is 0.171 e. The molecule has 0 atom stereocenters. The van der Waals surface area contributed by atoms with Gasteiger partial charge in [0.2, 0.25) is 0 Å². The molecule has 0 unspecified atom stereocenters. The van der Waals surface area contributed by atoms with Crippen LogP contribution in [0.1, 0.15) is 15.9 Å². The van der Waals surface area contributed by atoms with E-state index in [0.717, 1.165) is 5.56 Å². The van der Waals surface area contributed by atoms with Crippen molar-refractivity contribution < 1.29 is 14.3 Å². The summed E-state index contributed by atoms with van der Waals surface area (Å²) < 4.78 is 10.5. The maximum absolute atomic E-state index is 12.4. The van der Waals surface area contributed by atoms with E-state index in [1.165, 1.54) is 7.11 Å². The highest BCUT2D eigenvalue weighted by molar-refractivity contribution is 6.31. The predicted octanol–water partition coefficient (Wildman–Crippen LogP) is 3.78. The Morgan fingerprint density at radius 2 is 1.80 bits per heavy atom. The van der Waals surface area contributed by atoms with Crippen LogP contribution >= 0.6 is 11.6 Å². The third-order valence-electron chi connectivity index (χ3n) is 3.01. The van der Waals surface area contributed by atoms with Gasteiger partial charge >= 0.3 is 0 Å². The second kappa shape index (κ2) is 6.44. The molecule has 0 heterocycles. The highest BCUT2D eigenvalue weighted by atomic mass is 35.5. The molecule has 0 saturated carbocycles. The van der Waals surface area contributed by atoms with Crippen molar-refractivity contribution in [2.45, 2.75) is 6.42 Å². The number of halogens is 1. The molecule has 3 nitrogen and oxygen atoms in total. The molecule has 0 N–H and O–H groups in total. The van der Waals surface area contributed by atoms with Gasteiger partial charge in [-0.25, -0.2) is 0 Å². The third kappa shape index (κ3) is 2.94. The Balaban J connectivity index is 2.32. The molecule has 4 heteroatoms. The van der Waals surface area contributed by atoms with Gasteiger partial charge in [-0.2, -0.15) is 0 Å². The molecule has 0 aliphatic carbocycles. The average molecular weight is 291 g/mol. The van der Waals surface area contributed by atoms with Crippen LogP contribution in [0, 0.1) is 0 Å². The van der Waals surface area contributed by atoms with Crippen LogP contribution in [0.25, 0.3) is 0 Å². The first-order chi connectivity index (χ1) is 9.67. The summed E-state index contributed by atoms with van der Waals surface area (Å²) in [5.74, 6) is 0.929. The summed E-state index contributed by atoms with van der Waals surface area (Å²) in [4.78, 5) is 12.4. The van der Waals surface area contributed by atoms with Crippen molar-refractivity contribution in [3.05, 3.63) is 58.6 Å². The van der Waals surface area contributed by atoms with Gasteiger partial charge in [-0.05, 0) is 23.8 Å². The number of carbonyl (C=O) groups excluding carboxylic acids is 1. The monoisotopic (exact) mass is 290 g/mol. The first kappa shape index (κ1) is 14.4. The predicted molar refractivity (Wildman–Crippen MR) is 79.0 cm³/mol. The van der Waals surface area contributed by atoms with E-state index in [4.69, 9.17) is 21.1 Å². The van der Waals surface area contributed by atoms with E-state index in [1.807, 2.05) is 18.2 Å². The zero-order chi connectivity index (χ0) is 14.5. The Bertz CT molecular complexity index is 623. The van der Waals surface area contributed by atoms with Crippen molar-refractivity contribution >= 4 is 17.4 Å². The fraction of sp³-hybridized carbons (Fsp3) is 0.188. The molecule has 2 aromatic rings. The SMILES string of the molecule is COc1cccc(C(=O)Cc2ccccc2Cl)c1OC. The molecule has 0 aliphatic heterocycles. The van der Waals surface area contributed by atoms with Gasteiger partial charge in [0.15, 0.2) is 17.3 Å². The third-order valence-corrected chi connectivity index (χ3v) is 3.38. The van der Waals surface area contributed by atoms with Gasteiger partial charge < -0.3 is 9.47 Å². The molecule has 2 aromatic carbocycles. The molecule has 0 fully saturated rings. The minimum Gasteiger partial charge on any atom is -0.493 e. The van der Waals surface area contributed by atoms with Crippen LogP contribution < -0.4 is 9.47 Å². The zero-order valence-corrected chi connectivity index (χ0v) is 12.1. The summed E-state index contributed by atoms with van der Waals surface area (Å²) in [5, 5.41) is 0.586. The number of ketones is 1. The first-order valence-corrected chi connectivity index (χ1v) is 6.52. The molecule has 0 amide bonds. The van der Waals surface area contributed by atoms with Crippen molar-refractivity contribution in [3.8, 4) is 11.5 Å². The second-order valence-electron chi connectivity index (χ2n) is 4.23. The van der Waals surface area contributed by atoms with Crippen molar-refractivity contribution in [3.63, 3.8) is 0 Å².